The van der Waals surface area contributed by atoms with Gasteiger partial charge in [0.05, 0.1) is 11.7 Å². The third kappa shape index (κ3) is 2.70. The van der Waals surface area contributed by atoms with Gasteiger partial charge in [0.15, 0.2) is 0 Å². The van der Waals surface area contributed by atoms with Gasteiger partial charge in [-0.1, -0.05) is 42.5 Å². The van der Waals surface area contributed by atoms with E-state index in [2.05, 4.69) is 17.4 Å². The van der Waals surface area contributed by atoms with Crippen LogP contribution in [0.25, 0.3) is 0 Å². The van der Waals surface area contributed by atoms with Gasteiger partial charge in [0.1, 0.15) is 6.17 Å². The molecule has 0 aliphatic carbocycles. The molecule has 0 unspecified atom stereocenters. The first-order chi connectivity index (χ1) is 11.3. The molecule has 4 heteroatoms. The van der Waals surface area contributed by atoms with Crippen LogP contribution in [0, 0.1) is 0 Å². The fourth-order valence-corrected chi connectivity index (χ4v) is 3.39. The van der Waals surface area contributed by atoms with Crippen molar-refractivity contribution < 1.29 is 9.53 Å². The minimum Gasteiger partial charge on any atom is -0.376 e. The van der Waals surface area contributed by atoms with Gasteiger partial charge in [0, 0.05) is 18.8 Å². The van der Waals surface area contributed by atoms with Crippen molar-refractivity contribution in [1.29, 1.82) is 0 Å². The number of hydrogen-bond donors (Lipinski definition) is 1. The average molecular weight is 308 g/mol. The molecule has 23 heavy (non-hydrogen) atoms. The molecule has 2 aliphatic heterocycles. The maximum Gasteiger partial charge on any atom is 0.257 e. The topological polar surface area (TPSA) is 41.6 Å². The molecule has 1 amide bonds. The molecular formula is C19H20N2O2. The van der Waals surface area contributed by atoms with E-state index in [1.165, 1.54) is 0 Å². The van der Waals surface area contributed by atoms with Crippen LogP contribution >= 0.6 is 0 Å². The van der Waals surface area contributed by atoms with Crippen LogP contribution in [0.4, 0.5) is 5.69 Å². The molecule has 1 fully saturated rings. The van der Waals surface area contributed by atoms with E-state index in [-0.39, 0.29) is 18.2 Å². The Morgan fingerprint density at radius 2 is 1.87 bits per heavy atom. The van der Waals surface area contributed by atoms with Gasteiger partial charge in [-0.05, 0) is 30.5 Å². The van der Waals surface area contributed by atoms with Gasteiger partial charge in [-0.2, -0.15) is 0 Å². The minimum absolute atomic E-state index is 0.0729. The summed E-state index contributed by atoms with van der Waals surface area (Å²) >= 11 is 0. The van der Waals surface area contributed by atoms with Crippen molar-refractivity contribution in [2.45, 2.75) is 25.1 Å². The van der Waals surface area contributed by atoms with Crippen molar-refractivity contribution in [3.05, 3.63) is 65.7 Å². The number of para-hydroxylation sites is 1. The first-order valence-electron chi connectivity index (χ1n) is 8.16. The standard InChI is InChI=1S/C19H20N2O2/c22-19-16-10-4-5-11-17(16)20-18(14-7-2-1-3-8-14)21(19)13-15-9-6-12-23-15/h1-5,7-8,10-11,15,18,20H,6,9,12-13H2/t15-,18+/m1/s1. The van der Waals surface area contributed by atoms with E-state index < -0.39 is 0 Å². The number of anilines is 1. The molecule has 0 saturated carbocycles. The van der Waals surface area contributed by atoms with Crippen molar-refractivity contribution in [1.82, 2.24) is 4.90 Å². The number of rotatable bonds is 3. The number of hydrogen-bond acceptors (Lipinski definition) is 3. The Balaban J connectivity index is 1.70. The van der Waals surface area contributed by atoms with E-state index in [4.69, 9.17) is 4.74 Å². The van der Waals surface area contributed by atoms with Crippen LogP contribution < -0.4 is 5.32 Å². The molecule has 0 bridgehead atoms. The number of fused-ring (bicyclic) bond motifs is 1. The summed E-state index contributed by atoms with van der Waals surface area (Å²) in [6, 6.07) is 17.8. The van der Waals surface area contributed by atoms with Gasteiger partial charge in [0.2, 0.25) is 0 Å². The highest BCUT2D eigenvalue weighted by molar-refractivity contribution is 6.01. The molecule has 4 nitrogen and oxygen atoms in total. The van der Waals surface area contributed by atoms with Crippen LogP contribution in [-0.2, 0) is 4.74 Å². The number of amides is 1. The third-order valence-corrected chi connectivity index (χ3v) is 4.56. The van der Waals surface area contributed by atoms with Crippen molar-refractivity contribution >= 4 is 11.6 Å². The Hall–Kier alpha value is -2.33. The second kappa shape index (κ2) is 6.05. The van der Waals surface area contributed by atoms with Crippen LogP contribution in [0.1, 0.15) is 34.9 Å². The van der Waals surface area contributed by atoms with Gasteiger partial charge < -0.3 is 15.0 Å². The van der Waals surface area contributed by atoms with E-state index in [0.29, 0.717) is 6.54 Å². The lowest BCUT2D eigenvalue weighted by Gasteiger charge is -2.39. The van der Waals surface area contributed by atoms with Crippen LogP contribution in [-0.4, -0.2) is 30.1 Å². The molecule has 4 rings (SSSR count). The Bertz CT molecular complexity index is 696. The second-order valence-electron chi connectivity index (χ2n) is 6.10. The van der Waals surface area contributed by atoms with E-state index in [9.17, 15) is 4.79 Å². The number of nitrogens with one attached hydrogen (secondary N) is 1. The molecule has 0 spiro atoms. The molecule has 2 heterocycles. The largest absolute Gasteiger partial charge is 0.376 e. The number of nitrogens with zero attached hydrogens (tertiary/aromatic N) is 1. The summed E-state index contributed by atoms with van der Waals surface area (Å²) in [6.07, 6.45) is 2.08. The molecule has 1 N–H and O–H groups in total. The monoisotopic (exact) mass is 308 g/mol. The lowest BCUT2D eigenvalue weighted by molar-refractivity contribution is 0.0427. The van der Waals surface area contributed by atoms with Crippen molar-refractivity contribution in [2.75, 3.05) is 18.5 Å². The number of benzene rings is 2. The fraction of sp³-hybridized carbons (Fsp3) is 0.316. The van der Waals surface area contributed by atoms with Crippen LogP contribution in [0.15, 0.2) is 54.6 Å². The Kier molecular flexibility index (Phi) is 3.75. The molecule has 0 radical (unpaired) electrons. The highest BCUT2D eigenvalue weighted by atomic mass is 16.5. The molecule has 2 aromatic rings. The average Bonchev–Trinajstić information content (AvgIpc) is 3.11. The zero-order chi connectivity index (χ0) is 15.6. The predicted octanol–water partition coefficient (Wildman–Crippen LogP) is 3.43. The zero-order valence-electron chi connectivity index (χ0n) is 12.9. The summed E-state index contributed by atoms with van der Waals surface area (Å²) in [5.41, 5.74) is 2.72. The quantitative estimate of drug-likeness (QED) is 0.944. The first kappa shape index (κ1) is 14.3. The second-order valence-corrected chi connectivity index (χ2v) is 6.10. The van der Waals surface area contributed by atoms with E-state index in [1.807, 2.05) is 47.4 Å². The summed E-state index contributed by atoms with van der Waals surface area (Å²) in [5, 5.41) is 3.52. The van der Waals surface area contributed by atoms with Crippen LogP contribution in [0.2, 0.25) is 0 Å². The van der Waals surface area contributed by atoms with Crippen LogP contribution in [0.3, 0.4) is 0 Å². The van der Waals surface area contributed by atoms with Crippen molar-refractivity contribution in [2.24, 2.45) is 0 Å². The van der Waals surface area contributed by atoms with Crippen molar-refractivity contribution in [3.8, 4) is 0 Å². The number of ether oxygens (including phenoxy) is 1. The summed E-state index contributed by atoms with van der Waals surface area (Å²) < 4.78 is 5.75. The first-order valence-corrected chi connectivity index (χ1v) is 8.16. The summed E-state index contributed by atoms with van der Waals surface area (Å²) in [5.74, 6) is 0.0729. The van der Waals surface area contributed by atoms with E-state index >= 15 is 0 Å². The van der Waals surface area contributed by atoms with Crippen LogP contribution in [0.5, 0.6) is 0 Å². The summed E-state index contributed by atoms with van der Waals surface area (Å²) in [4.78, 5) is 14.9. The molecular weight excluding hydrogens is 288 g/mol. The van der Waals surface area contributed by atoms with Gasteiger partial charge in [-0.25, -0.2) is 0 Å². The van der Waals surface area contributed by atoms with Gasteiger partial charge in [-0.3, -0.25) is 4.79 Å². The number of carbonyl (C=O) groups is 1. The van der Waals surface area contributed by atoms with Gasteiger partial charge >= 0.3 is 0 Å². The maximum absolute atomic E-state index is 13.0. The molecule has 2 aromatic carbocycles. The highest BCUT2D eigenvalue weighted by Gasteiger charge is 2.34. The summed E-state index contributed by atoms with van der Waals surface area (Å²) in [6.45, 7) is 1.42. The predicted molar refractivity (Wildman–Crippen MR) is 89.3 cm³/mol. The zero-order valence-corrected chi connectivity index (χ0v) is 12.9. The molecule has 0 aromatic heterocycles. The van der Waals surface area contributed by atoms with Gasteiger partial charge in [-0.15, -0.1) is 0 Å². The maximum atomic E-state index is 13.0. The molecule has 1 saturated heterocycles. The Morgan fingerprint density at radius 3 is 2.65 bits per heavy atom. The molecule has 2 aliphatic rings. The SMILES string of the molecule is O=C1c2ccccc2N[C@H](c2ccccc2)N1C[C@H]1CCCO1. The lowest BCUT2D eigenvalue weighted by atomic mass is 10.0. The highest BCUT2D eigenvalue weighted by Crippen LogP contribution is 2.33. The van der Waals surface area contributed by atoms with E-state index in [1.54, 1.807) is 0 Å². The minimum atomic E-state index is -0.150. The Morgan fingerprint density at radius 1 is 1.09 bits per heavy atom. The molecule has 118 valence electrons. The van der Waals surface area contributed by atoms with E-state index in [0.717, 1.165) is 36.3 Å². The third-order valence-electron chi connectivity index (χ3n) is 4.56. The summed E-state index contributed by atoms with van der Waals surface area (Å²) in [7, 11) is 0. The fourth-order valence-electron chi connectivity index (χ4n) is 3.39. The van der Waals surface area contributed by atoms with Crippen molar-refractivity contribution in [3.63, 3.8) is 0 Å². The number of carbonyl (C=O) groups excluding carboxylic acids is 1. The van der Waals surface area contributed by atoms with Gasteiger partial charge in [0.25, 0.3) is 5.91 Å². The normalized spacial score (nSPS) is 23.5. The Labute approximate surface area is 136 Å². The molecule has 2 atom stereocenters. The smallest absolute Gasteiger partial charge is 0.257 e. The lowest BCUT2D eigenvalue weighted by Crippen LogP contribution is -2.46.